The second-order valence-electron chi connectivity index (χ2n) is 7.92. The monoisotopic (exact) mass is 539 g/mol. The maximum Gasteiger partial charge on any atom is 0.225 e. The fourth-order valence-corrected chi connectivity index (χ4v) is 4.24. The minimum atomic E-state index is 0. The highest BCUT2D eigenvalue weighted by Gasteiger charge is 2.27. The van der Waals surface area contributed by atoms with E-state index in [0.717, 1.165) is 69.2 Å². The van der Waals surface area contributed by atoms with Crippen LogP contribution < -0.4 is 10.2 Å². The molecule has 2 saturated heterocycles. The lowest BCUT2D eigenvalue weighted by Gasteiger charge is -2.36. The highest BCUT2D eigenvalue weighted by molar-refractivity contribution is 14.0. The van der Waals surface area contributed by atoms with E-state index in [1.165, 1.54) is 12.8 Å². The highest BCUT2D eigenvalue weighted by atomic mass is 127. The van der Waals surface area contributed by atoms with Gasteiger partial charge in [-0.2, -0.15) is 0 Å². The molecular formula is C22H34IN7O. The predicted octanol–water partition coefficient (Wildman–Crippen LogP) is 2.92. The number of piperazine rings is 1. The minimum Gasteiger partial charge on any atom is -0.465 e. The molecule has 2 fully saturated rings. The Hall–Kier alpha value is -1.88. The van der Waals surface area contributed by atoms with Crippen LogP contribution in [0.3, 0.4) is 0 Å². The third kappa shape index (κ3) is 6.09. The average molecular weight is 539 g/mol. The molecule has 1 atom stereocenters. The van der Waals surface area contributed by atoms with E-state index < -0.39 is 0 Å². The number of hydrogen-bond acceptors (Lipinski definition) is 6. The summed E-state index contributed by atoms with van der Waals surface area (Å²) in [6, 6.07) is 6.22. The molecule has 2 aromatic heterocycles. The molecule has 0 radical (unpaired) electrons. The third-order valence-electron chi connectivity index (χ3n) is 5.83. The van der Waals surface area contributed by atoms with Crippen LogP contribution in [0.25, 0.3) is 0 Å². The molecule has 8 nitrogen and oxygen atoms in total. The van der Waals surface area contributed by atoms with E-state index in [1.807, 2.05) is 13.0 Å². The maximum atomic E-state index is 5.99. The van der Waals surface area contributed by atoms with E-state index in [-0.39, 0.29) is 30.0 Å². The summed E-state index contributed by atoms with van der Waals surface area (Å²) >= 11 is 0. The molecule has 4 rings (SSSR count). The molecule has 1 unspecified atom stereocenters. The van der Waals surface area contributed by atoms with Gasteiger partial charge in [-0.1, -0.05) is 0 Å². The van der Waals surface area contributed by atoms with E-state index in [2.05, 4.69) is 49.0 Å². The first-order valence-corrected chi connectivity index (χ1v) is 11.1. The summed E-state index contributed by atoms with van der Waals surface area (Å²) in [4.78, 5) is 20.9. The van der Waals surface area contributed by atoms with Gasteiger partial charge in [0.2, 0.25) is 5.95 Å². The molecular weight excluding hydrogens is 505 g/mol. The molecule has 0 amide bonds. The lowest BCUT2D eigenvalue weighted by Crippen LogP contribution is -2.53. The summed E-state index contributed by atoms with van der Waals surface area (Å²) in [5.74, 6) is 3.78. The number of furan rings is 1. The molecule has 0 spiro atoms. The van der Waals surface area contributed by atoms with E-state index in [1.54, 1.807) is 12.4 Å². The number of likely N-dealkylation sites (tertiary alicyclic amines) is 1. The molecule has 0 bridgehead atoms. The summed E-state index contributed by atoms with van der Waals surface area (Å²) < 4.78 is 5.99. The first kappa shape index (κ1) is 23.8. The molecule has 2 aromatic rings. The lowest BCUT2D eigenvalue weighted by atomic mass is 10.2. The first-order valence-electron chi connectivity index (χ1n) is 11.1. The molecule has 0 aromatic carbocycles. The normalized spacial score (nSPS) is 18.7. The molecule has 2 aliphatic heterocycles. The molecule has 31 heavy (non-hydrogen) atoms. The van der Waals surface area contributed by atoms with Crippen molar-refractivity contribution in [2.45, 2.75) is 32.7 Å². The Labute approximate surface area is 202 Å². The van der Waals surface area contributed by atoms with Gasteiger partial charge in [0.15, 0.2) is 5.96 Å². The number of nitrogens with one attached hydrogen (secondary N) is 1. The Morgan fingerprint density at radius 3 is 2.42 bits per heavy atom. The number of guanidine groups is 1. The molecule has 2 aliphatic rings. The van der Waals surface area contributed by atoms with Crippen molar-refractivity contribution in [1.29, 1.82) is 0 Å². The van der Waals surface area contributed by atoms with E-state index in [4.69, 9.17) is 9.41 Å². The number of halogens is 1. The van der Waals surface area contributed by atoms with Gasteiger partial charge in [0.1, 0.15) is 11.5 Å². The molecule has 170 valence electrons. The van der Waals surface area contributed by atoms with Gasteiger partial charge in [-0.25, -0.2) is 9.97 Å². The first-order chi connectivity index (χ1) is 14.7. The van der Waals surface area contributed by atoms with Crippen molar-refractivity contribution < 1.29 is 4.42 Å². The van der Waals surface area contributed by atoms with Crippen molar-refractivity contribution in [1.82, 2.24) is 25.1 Å². The van der Waals surface area contributed by atoms with Crippen molar-refractivity contribution in [2.75, 3.05) is 57.3 Å². The zero-order valence-electron chi connectivity index (χ0n) is 18.5. The van der Waals surface area contributed by atoms with Crippen LogP contribution in [-0.2, 0) is 0 Å². The summed E-state index contributed by atoms with van der Waals surface area (Å²) in [6.07, 6.45) is 6.11. The number of aliphatic imine (C=N–C) groups is 1. The molecule has 1 N–H and O–H groups in total. The van der Waals surface area contributed by atoms with Crippen LogP contribution in [0.15, 0.2) is 40.0 Å². The number of aryl methyl sites for hydroxylation is 1. The quantitative estimate of drug-likeness (QED) is 0.344. The van der Waals surface area contributed by atoms with E-state index in [0.29, 0.717) is 6.54 Å². The number of hydrogen-bond donors (Lipinski definition) is 1. The maximum absolute atomic E-state index is 5.99. The number of aromatic nitrogens is 2. The fraction of sp³-hybridized carbons (Fsp3) is 0.591. The second kappa shape index (κ2) is 11.7. The Morgan fingerprint density at radius 1 is 1.10 bits per heavy atom. The van der Waals surface area contributed by atoms with Crippen molar-refractivity contribution >= 4 is 35.9 Å². The van der Waals surface area contributed by atoms with Gasteiger partial charge in [-0.15, -0.1) is 24.0 Å². The van der Waals surface area contributed by atoms with E-state index in [9.17, 15) is 0 Å². The van der Waals surface area contributed by atoms with Crippen LogP contribution in [0.2, 0.25) is 0 Å². The fourth-order valence-electron chi connectivity index (χ4n) is 4.24. The Morgan fingerprint density at radius 2 is 1.81 bits per heavy atom. The van der Waals surface area contributed by atoms with Gasteiger partial charge in [0, 0.05) is 45.1 Å². The molecule has 0 saturated carbocycles. The van der Waals surface area contributed by atoms with Gasteiger partial charge in [-0.3, -0.25) is 9.89 Å². The molecule has 0 aliphatic carbocycles. The molecule has 9 heteroatoms. The molecule has 4 heterocycles. The van der Waals surface area contributed by atoms with Crippen LogP contribution in [0.5, 0.6) is 0 Å². The Kier molecular flexibility index (Phi) is 8.94. The topological polar surface area (TPSA) is 73.0 Å². The summed E-state index contributed by atoms with van der Waals surface area (Å²) in [5, 5.41) is 3.49. The summed E-state index contributed by atoms with van der Waals surface area (Å²) in [5.41, 5.74) is 0. The standard InChI is InChI=1S/C22H33N7O.HI/c1-3-23-21(28-13-15-29(16-14-28)22-24-9-6-10-25-22)26-17-19(27-11-4-5-12-27)20-8-7-18(2)30-20;/h6-10,19H,3-5,11-17H2,1-2H3,(H,23,26);1H. The van der Waals surface area contributed by atoms with Gasteiger partial charge in [0.05, 0.1) is 12.6 Å². The van der Waals surface area contributed by atoms with Crippen molar-refractivity contribution in [2.24, 2.45) is 4.99 Å². The number of rotatable bonds is 6. The highest BCUT2D eigenvalue weighted by Crippen LogP contribution is 2.27. The van der Waals surface area contributed by atoms with Crippen LogP contribution in [0.1, 0.15) is 37.3 Å². The van der Waals surface area contributed by atoms with Gasteiger partial charge < -0.3 is 19.5 Å². The van der Waals surface area contributed by atoms with Crippen LogP contribution in [0.4, 0.5) is 5.95 Å². The van der Waals surface area contributed by atoms with Crippen LogP contribution in [0, 0.1) is 6.92 Å². The lowest BCUT2D eigenvalue weighted by molar-refractivity contribution is 0.218. The van der Waals surface area contributed by atoms with Gasteiger partial charge in [0.25, 0.3) is 0 Å². The van der Waals surface area contributed by atoms with Crippen molar-refractivity contribution in [3.05, 3.63) is 42.1 Å². The van der Waals surface area contributed by atoms with Crippen molar-refractivity contribution in [3.63, 3.8) is 0 Å². The smallest absolute Gasteiger partial charge is 0.225 e. The minimum absolute atomic E-state index is 0. The van der Waals surface area contributed by atoms with Crippen LogP contribution in [-0.4, -0.2) is 78.1 Å². The Bertz CT molecular complexity index is 814. The Balaban J connectivity index is 0.00000272. The largest absolute Gasteiger partial charge is 0.465 e. The predicted molar refractivity (Wildman–Crippen MR) is 134 cm³/mol. The zero-order valence-corrected chi connectivity index (χ0v) is 20.9. The van der Waals surface area contributed by atoms with E-state index >= 15 is 0 Å². The third-order valence-corrected chi connectivity index (χ3v) is 5.83. The SMILES string of the molecule is CCNC(=NCC(c1ccc(C)o1)N1CCCC1)N1CCN(c2ncccn2)CC1.I. The zero-order chi connectivity index (χ0) is 20.8. The number of nitrogens with zero attached hydrogens (tertiary/aromatic N) is 6. The van der Waals surface area contributed by atoms with Crippen LogP contribution >= 0.6 is 24.0 Å². The summed E-state index contributed by atoms with van der Waals surface area (Å²) in [7, 11) is 0. The second-order valence-corrected chi connectivity index (χ2v) is 7.92. The van der Waals surface area contributed by atoms with Gasteiger partial charge >= 0.3 is 0 Å². The summed E-state index contributed by atoms with van der Waals surface area (Å²) in [6.45, 7) is 11.5. The average Bonchev–Trinajstić information content (AvgIpc) is 3.46. The van der Waals surface area contributed by atoms with Crippen molar-refractivity contribution in [3.8, 4) is 0 Å². The number of anilines is 1. The van der Waals surface area contributed by atoms with Gasteiger partial charge in [-0.05, 0) is 58.0 Å².